The summed E-state index contributed by atoms with van der Waals surface area (Å²) in [6, 6.07) is 1.66. The summed E-state index contributed by atoms with van der Waals surface area (Å²) in [5.41, 5.74) is 1.06. The topological polar surface area (TPSA) is 68.7 Å². The summed E-state index contributed by atoms with van der Waals surface area (Å²) in [5, 5.41) is 12.2. The number of aromatic nitrogens is 1. The number of hydrogen-bond donors (Lipinski definition) is 2. The van der Waals surface area contributed by atoms with E-state index in [1.54, 1.807) is 13.0 Å². The number of carbonyl (C=O) groups excluding carboxylic acids is 1. The Morgan fingerprint density at radius 1 is 1.32 bits per heavy atom. The number of nitrogens with zero attached hydrogens (tertiary/aromatic N) is 3. The number of piperazine rings is 1. The molecule has 1 fully saturated rings. The summed E-state index contributed by atoms with van der Waals surface area (Å²) >= 11 is 12.1. The SMILES string of the molecule is Cc1cc(Cl)c(NC(=O)CN2CCN(CCO)CC2)c(Cl)n1. The first-order valence-corrected chi connectivity index (χ1v) is 7.93. The van der Waals surface area contributed by atoms with E-state index in [2.05, 4.69) is 20.1 Å². The second-order valence-electron chi connectivity index (χ2n) is 5.30. The smallest absolute Gasteiger partial charge is 0.238 e. The fourth-order valence-corrected chi connectivity index (χ4v) is 3.03. The Morgan fingerprint density at radius 3 is 2.55 bits per heavy atom. The molecule has 1 amide bonds. The molecule has 22 heavy (non-hydrogen) atoms. The number of aliphatic hydroxyl groups is 1. The number of hydrogen-bond acceptors (Lipinski definition) is 5. The van der Waals surface area contributed by atoms with Gasteiger partial charge in [-0.1, -0.05) is 23.2 Å². The Bertz CT molecular complexity index is 511. The highest BCUT2D eigenvalue weighted by atomic mass is 35.5. The molecule has 0 spiro atoms. The lowest BCUT2D eigenvalue weighted by molar-refractivity contribution is -0.117. The van der Waals surface area contributed by atoms with Gasteiger partial charge in [0.25, 0.3) is 0 Å². The van der Waals surface area contributed by atoms with E-state index in [9.17, 15) is 4.79 Å². The monoisotopic (exact) mass is 346 g/mol. The fourth-order valence-electron chi connectivity index (χ4n) is 2.40. The molecule has 0 unspecified atom stereocenters. The molecular formula is C14H20Cl2N4O2. The lowest BCUT2D eigenvalue weighted by Crippen LogP contribution is -2.49. The Kier molecular flexibility index (Phi) is 6.40. The number of carbonyl (C=O) groups is 1. The second kappa shape index (κ2) is 8.08. The van der Waals surface area contributed by atoms with Gasteiger partial charge in [-0.15, -0.1) is 0 Å². The normalized spacial score (nSPS) is 16.7. The summed E-state index contributed by atoms with van der Waals surface area (Å²) in [6.45, 7) is 6.20. The summed E-state index contributed by atoms with van der Waals surface area (Å²) in [6.07, 6.45) is 0. The third kappa shape index (κ3) is 4.79. The van der Waals surface area contributed by atoms with E-state index in [1.807, 2.05) is 0 Å². The first-order chi connectivity index (χ1) is 10.5. The first kappa shape index (κ1) is 17.4. The van der Waals surface area contributed by atoms with Gasteiger partial charge in [0.15, 0.2) is 5.15 Å². The Hall–Kier alpha value is -0.920. The summed E-state index contributed by atoms with van der Waals surface area (Å²) in [7, 11) is 0. The predicted octanol–water partition coefficient (Wildman–Crippen LogP) is 1.25. The average molecular weight is 347 g/mol. The van der Waals surface area contributed by atoms with Crippen LogP contribution in [0.25, 0.3) is 0 Å². The van der Waals surface area contributed by atoms with E-state index in [0.29, 0.717) is 22.9 Å². The molecule has 0 bridgehead atoms. The van der Waals surface area contributed by atoms with Crippen molar-refractivity contribution in [1.82, 2.24) is 14.8 Å². The molecule has 2 heterocycles. The number of halogens is 2. The van der Waals surface area contributed by atoms with Gasteiger partial charge in [-0.05, 0) is 13.0 Å². The zero-order valence-electron chi connectivity index (χ0n) is 12.5. The molecule has 1 saturated heterocycles. The van der Waals surface area contributed by atoms with Gasteiger partial charge in [0, 0.05) is 38.4 Å². The van der Waals surface area contributed by atoms with Crippen molar-refractivity contribution < 1.29 is 9.90 Å². The molecule has 1 aliphatic rings. The van der Waals surface area contributed by atoms with Gasteiger partial charge in [0.05, 0.1) is 23.9 Å². The van der Waals surface area contributed by atoms with Crippen LogP contribution in [-0.2, 0) is 4.79 Å². The summed E-state index contributed by atoms with van der Waals surface area (Å²) < 4.78 is 0. The van der Waals surface area contributed by atoms with Gasteiger partial charge in [-0.2, -0.15) is 0 Å². The molecule has 2 N–H and O–H groups in total. The Morgan fingerprint density at radius 2 is 1.95 bits per heavy atom. The van der Waals surface area contributed by atoms with Crippen LogP contribution in [0.1, 0.15) is 5.69 Å². The van der Waals surface area contributed by atoms with Crippen molar-refractivity contribution in [3.63, 3.8) is 0 Å². The number of aliphatic hydroxyl groups excluding tert-OH is 1. The molecule has 6 nitrogen and oxygen atoms in total. The fraction of sp³-hybridized carbons (Fsp3) is 0.571. The van der Waals surface area contributed by atoms with Crippen LogP contribution in [-0.4, -0.2) is 71.7 Å². The summed E-state index contributed by atoms with van der Waals surface area (Å²) in [4.78, 5) is 20.4. The number of anilines is 1. The maximum absolute atomic E-state index is 12.1. The predicted molar refractivity (Wildman–Crippen MR) is 87.6 cm³/mol. The minimum absolute atomic E-state index is 0.162. The summed E-state index contributed by atoms with van der Waals surface area (Å²) in [5.74, 6) is -0.162. The van der Waals surface area contributed by atoms with Crippen molar-refractivity contribution >= 4 is 34.8 Å². The van der Waals surface area contributed by atoms with Gasteiger partial charge in [0.2, 0.25) is 5.91 Å². The molecule has 8 heteroatoms. The second-order valence-corrected chi connectivity index (χ2v) is 6.07. The number of β-amino-alcohol motifs (C(OH)–C–C–N with tert-alkyl or cyclic N) is 1. The van der Waals surface area contributed by atoms with Crippen LogP contribution in [0.15, 0.2) is 6.07 Å². The Labute approximate surface area is 140 Å². The van der Waals surface area contributed by atoms with Crippen molar-refractivity contribution in [3.8, 4) is 0 Å². The van der Waals surface area contributed by atoms with E-state index < -0.39 is 0 Å². The molecule has 122 valence electrons. The van der Waals surface area contributed by atoms with Crippen molar-refractivity contribution in [2.24, 2.45) is 0 Å². The van der Waals surface area contributed by atoms with E-state index in [1.165, 1.54) is 0 Å². The quantitative estimate of drug-likeness (QED) is 0.785. The molecular weight excluding hydrogens is 327 g/mol. The third-order valence-corrected chi connectivity index (χ3v) is 4.14. The maximum atomic E-state index is 12.1. The molecule has 2 rings (SSSR count). The molecule has 1 aromatic heterocycles. The van der Waals surface area contributed by atoms with E-state index in [0.717, 1.165) is 26.2 Å². The van der Waals surface area contributed by atoms with E-state index >= 15 is 0 Å². The lowest BCUT2D eigenvalue weighted by Gasteiger charge is -2.33. The van der Waals surface area contributed by atoms with Gasteiger partial charge < -0.3 is 10.4 Å². The van der Waals surface area contributed by atoms with Crippen molar-refractivity contribution in [2.75, 3.05) is 51.2 Å². The minimum Gasteiger partial charge on any atom is -0.395 e. The number of rotatable bonds is 5. The number of pyridine rings is 1. The molecule has 0 saturated carbocycles. The first-order valence-electron chi connectivity index (χ1n) is 7.17. The number of amides is 1. The van der Waals surface area contributed by atoms with Crippen molar-refractivity contribution in [3.05, 3.63) is 21.9 Å². The molecule has 0 aromatic carbocycles. The Balaban J connectivity index is 1.87. The highest BCUT2D eigenvalue weighted by Gasteiger charge is 2.19. The molecule has 1 aromatic rings. The molecule has 0 aliphatic carbocycles. The highest BCUT2D eigenvalue weighted by molar-refractivity contribution is 6.39. The lowest BCUT2D eigenvalue weighted by atomic mass is 10.3. The van der Waals surface area contributed by atoms with Gasteiger partial charge in [-0.3, -0.25) is 14.6 Å². The number of nitrogens with one attached hydrogen (secondary N) is 1. The van der Waals surface area contributed by atoms with Crippen LogP contribution in [0, 0.1) is 6.92 Å². The van der Waals surface area contributed by atoms with Crippen molar-refractivity contribution in [1.29, 1.82) is 0 Å². The van der Waals surface area contributed by atoms with Crippen LogP contribution < -0.4 is 5.32 Å². The number of aryl methyl sites for hydroxylation is 1. The molecule has 0 radical (unpaired) electrons. The van der Waals surface area contributed by atoms with Crippen LogP contribution in [0.4, 0.5) is 5.69 Å². The van der Waals surface area contributed by atoms with Gasteiger partial charge in [0.1, 0.15) is 0 Å². The minimum atomic E-state index is -0.162. The van der Waals surface area contributed by atoms with Crippen molar-refractivity contribution in [2.45, 2.75) is 6.92 Å². The van der Waals surface area contributed by atoms with Crippen LogP contribution >= 0.6 is 23.2 Å². The maximum Gasteiger partial charge on any atom is 0.238 e. The van der Waals surface area contributed by atoms with Crippen LogP contribution in [0.5, 0.6) is 0 Å². The van der Waals surface area contributed by atoms with Crippen LogP contribution in [0.2, 0.25) is 10.2 Å². The zero-order valence-corrected chi connectivity index (χ0v) is 14.0. The van der Waals surface area contributed by atoms with E-state index in [-0.39, 0.29) is 24.2 Å². The molecule has 1 aliphatic heterocycles. The molecule has 0 atom stereocenters. The average Bonchev–Trinajstić information content (AvgIpc) is 2.45. The van der Waals surface area contributed by atoms with Gasteiger partial charge >= 0.3 is 0 Å². The van der Waals surface area contributed by atoms with Gasteiger partial charge in [-0.25, -0.2) is 4.98 Å². The third-order valence-electron chi connectivity index (χ3n) is 3.57. The highest BCUT2D eigenvalue weighted by Crippen LogP contribution is 2.29. The van der Waals surface area contributed by atoms with Crippen LogP contribution in [0.3, 0.4) is 0 Å². The largest absolute Gasteiger partial charge is 0.395 e. The zero-order chi connectivity index (χ0) is 16.1. The van der Waals surface area contributed by atoms with E-state index in [4.69, 9.17) is 28.3 Å². The standard InChI is InChI=1S/C14H20Cl2N4O2/c1-10-8-11(15)13(14(16)17-10)18-12(22)9-20-4-2-19(3-5-20)6-7-21/h8,21H,2-7,9H2,1H3,(H,18,22).